The van der Waals surface area contributed by atoms with Crippen molar-refractivity contribution in [3.05, 3.63) is 35.9 Å². The Morgan fingerprint density at radius 2 is 1.60 bits per heavy atom. The van der Waals surface area contributed by atoms with Crippen LogP contribution in [0.15, 0.2) is 30.3 Å². The van der Waals surface area contributed by atoms with Crippen LogP contribution in [0.25, 0.3) is 0 Å². The van der Waals surface area contributed by atoms with E-state index >= 15 is 0 Å². The molecule has 0 aromatic heterocycles. The van der Waals surface area contributed by atoms with Crippen LogP contribution in [0.3, 0.4) is 0 Å². The summed E-state index contributed by atoms with van der Waals surface area (Å²) < 4.78 is 0. The van der Waals surface area contributed by atoms with Gasteiger partial charge in [0.25, 0.3) is 0 Å². The summed E-state index contributed by atoms with van der Waals surface area (Å²) in [7, 11) is 0. The van der Waals surface area contributed by atoms with Gasteiger partial charge in [-0.3, -0.25) is 0 Å². The molecule has 0 unspecified atom stereocenters. The monoisotopic (exact) mass is 161 g/mol. The Labute approximate surface area is 102 Å². The molecule has 1 rings (SSSR count). The van der Waals surface area contributed by atoms with Gasteiger partial charge in [-0.1, -0.05) is 6.07 Å². The molecular formula is C7H6KO2-. The Kier molecular flexibility index (Phi) is 9.95. The predicted octanol–water partition coefficient (Wildman–Crippen LogP) is -2.03. The second-order valence-electron chi connectivity index (χ2n) is 1.47. The van der Waals surface area contributed by atoms with E-state index < -0.39 is 0 Å². The van der Waals surface area contributed by atoms with Crippen molar-refractivity contribution in [1.29, 1.82) is 0 Å². The van der Waals surface area contributed by atoms with Gasteiger partial charge in [0.15, 0.2) is 0 Å². The predicted molar refractivity (Wildman–Crippen MR) is 33.2 cm³/mol. The van der Waals surface area contributed by atoms with E-state index in [4.69, 9.17) is 0 Å². The first kappa shape index (κ1) is 13.1. The number of carbonyl (C=O) groups excluding carboxylic acids is 1. The summed E-state index contributed by atoms with van der Waals surface area (Å²) in [5, 5.41) is 0. The molecule has 0 fully saturated rings. The Balaban J connectivity index is 0. The zero-order chi connectivity index (χ0) is 5.82. The van der Waals surface area contributed by atoms with Crippen LogP contribution in [-0.2, 0) is 4.79 Å². The first-order valence-electron chi connectivity index (χ1n) is 2.36. The molecule has 1 aromatic carbocycles. The molecule has 0 radical (unpaired) electrons. The largest absolute Gasteiger partial charge is 1.00 e. The summed E-state index contributed by atoms with van der Waals surface area (Å²) in [6.45, 7) is 0. The maximum Gasteiger partial charge on any atom is 1.00 e. The van der Waals surface area contributed by atoms with Gasteiger partial charge in [0.2, 0.25) is 0 Å². The van der Waals surface area contributed by atoms with Crippen molar-refractivity contribution in [1.82, 2.24) is 0 Å². The van der Waals surface area contributed by atoms with Gasteiger partial charge in [0.05, 0.1) is 6.29 Å². The number of hydrogen-bond acceptors (Lipinski definition) is 2. The normalized spacial score (nSPS) is 6.80. The Morgan fingerprint density at radius 1 is 1.10 bits per heavy atom. The van der Waals surface area contributed by atoms with E-state index in [1.165, 1.54) is 0 Å². The molecule has 0 atom stereocenters. The summed E-state index contributed by atoms with van der Waals surface area (Å²) >= 11 is 0. The van der Waals surface area contributed by atoms with Gasteiger partial charge in [-0.25, -0.2) is 0 Å². The maximum atomic E-state index is 9.88. The molecule has 1 aromatic rings. The second kappa shape index (κ2) is 7.59. The molecule has 0 saturated carbocycles. The Hall–Kier alpha value is 0.486. The van der Waals surface area contributed by atoms with Crippen LogP contribution in [0.5, 0.6) is 0 Å². The van der Waals surface area contributed by atoms with Crippen LogP contribution in [0.4, 0.5) is 0 Å². The van der Waals surface area contributed by atoms with Crippen molar-refractivity contribution in [3.8, 4) is 0 Å². The number of rotatable bonds is 1. The van der Waals surface area contributed by atoms with Gasteiger partial charge in [-0.05, 0) is 0 Å². The molecule has 48 valence electrons. The van der Waals surface area contributed by atoms with E-state index in [0.29, 0.717) is 5.56 Å². The minimum absolute atomic E-state index is 0. The molecule has 0 aliphatic heterocycles. The van der Waals surface area contributed by atoms with Gasteiger partial charge in [-0.15, -0.1) is 12.1 Å². The van der Waals surface area contributed by atoms with E-state index in [1.807, 2.05) is 6.07 Å². The van der Waals surface area contributed by atoms with Gasteiger partial charge >= 0.3 is 51.4 Å². The first-order valence-corrected chi connectivity index (χ1v) is 2.36. The molecule has 0 spiro atoms. The third kappa shape index (κ3) is 4.33. The van der Waals surface area contributed by atoms with E-state index in [9.17, 15) is 4.79 Å². The summed E-state index contributed by atoms with van der Waals surface area (Å²) in [4.78, 5) is 9.88. The Bertz CT molecular complexity index is 174. The Morgan fingerprint density at radius 3 is 1.90 bits per heavy atom. The summed E-state index contributed by atoms with van der Waals surface area (Å²) in [6.07, 6.45) is 1.78. The van der Waals surface area contributed by atoms with Crippen molar-refractivity contribution in [2.75, 3.05) is 0 Å². The third-order valence-corrected chi connectivity index (χ3v) is 0.892. The zero-order valence-corrected chi connectivity index (χ0v) is 8.87. The number of hydrogen-bond donors (Lipinski definition) is 0. The average molecular weight is 161 g/mol. The van der Waals surface area contributed by atoms with Gasteiger partial charge < -0.3 is 10.3 Å². The molecule has 1 N–H and O–H groups in total. The molecule has 0 aliphatic rings. The molecular weight excluding hydrogens is 155 g/mol. The molecule has 0 aliphatic carbocycles. The molecule has 10 heavy (non-hydrogen) atoms. The molecule has 2 nitrogen and oxygen atoms in total. The van der Waals surface area contributed by atoms with Crippen molar-refractivity contribution in [2.24, 2.45) is 0 Å². The topological polar surface area (TPSA) is 47.1 Å². The smallest absolute Gasteiger partial charge is 0.870 e. The fourth-order valence-electron chi connectivity index (χ4n) is 0.506. The second-order valence-corrected chi connectivity index (χ2v) is 1.47. The van der Waals surface area contributed by atoms with Crippen molar-refractivity contribution in [3.63, 3.8) is 0 Å². The summed E-state index contributed by atoms with van der Waals surface area (Å²) in [5.41, 5.74) is 0.604. The minimum Gasteiger partial charge on any atom is -0.870 e. The van der Waals surface area contributed by atoms with Crippen LogP contribution < -0.4 is 51.4 Å². The minimum atomic E-state index is 0. The molecule has 0 bridgehead atoms. The summed E-state index contributed by atoms with van der Waals surface area (Å²) in [5.74, 6) is 0. The summed E-state index contributed by atoms with van der Waals surface area (Å²) in [6, 6.07) is 8.90. The molecule has 3 heteroatoms. The third-order valence-electron chi connectivity index (χ3n) is 0.892. The molecule has 0 saturated heterocycles. The van der Waals surface area contributed by atoms with E-state index in [1.54, 1.807) is 30.6 Å². The van der Waals surface area contributed by atoms with Crippen LogP contribution >= 0.6 is 0 Å². The average Bonchev–Trinajstić information content (AvgIpc) is 1.90. The first-order chi connectivity index (χ1) is 3.93. The zero-order valence-electron chi connectivity index (χ0n) is 5.74. The van der Waals surface area contributed by atoms with Gasteiger partial charge in [-0.2, -0.15) is 17.7 Å². The SMILES string of the molecule is O=[C-]c1ccccc1.[K+].[OH-]. The maximum absolute atomic E-state index is 9.88. The van der Waals surface area contributed by atoms with E-state index in [2.05, 4.69) is 0 Å². The van der Waals surface area contributed by atoms with E-state index in [-0.39, 0.29) is 56.9 Å². The quantitative estimate of drug-likeness (QED) is 0.352. The van der Waals surface area contributed by atoms with E-state index in [0.717, 1.165) is 0 Å². The van der Waals surface area contributed by atoms with Crippen LogP contribution in [0.1, 0.15) is 5.56 Å². The van der Waals surface area contributed by atoms with Crippen LogP contribution in [0.2, 0.25) is 0 Å². The molecule has 0 amide bonds. The van der Waals surface area contributed by atoms with Crippen LogP contribution in [0, 0.1) is 0 Å². The van der Waals surface area contributed by atoms with Crippen molar-refractivity contribution in [2.45, 2.75) is 0 Å². The number of benzene rings is 1. The van der Waals surface area contributed by atoms with Gasteiger partial charge in [0, 0.05) is 0 Å². The fraction of sp³-hybridized carbons (Fsp3) is 0. The fourth-order valence-corrected chi connectivity index (χ4v) is 0.506. The molecule has 0 heterocycles. The van der Waals surface area contributed by atoms with Crippen LogP contribution in [-0.4, -0.2) is 11.8 Å². The van der Waals surface area contributed by atoms with Crippen molar-refractivity contribution < 1.29 is 61.7 Å². The van der Waals surface area contributed by atoms with Crippen molar-refractivity contribution >= 4 is 6.29 Å². The standard InChI is InChI=1S/C7H5O.K.H2O/c8-6-7-4-2-1-3-5-7;;/h1-5H;;1H2/q-1;+1;/p-1. The van der Waals surface area contributed by atoms with Gasteiger partial charge in [0.1, 0.15) is 0 Å².